The van der Waals surface area contributed by atoms with E-state index >= 15 is 0 Å². The van der Waals surface area contributed by atoms with E-state index in [0.717, 1.165) is 33.3 Å². The number of fused-ring (bicyclic) bond motifs is 6. The molecule has 0 bridgehead atoms. The van der Waals surface area contributed by atoms with Crippen molar-refractivity contribution < 1.29 is 4.42 Å². The van der Waals surface area contributed by atoms with E-state index < -0.39 is 0 Å². The molecule has 0 spiro atoms. The zero-order valence-corrected chi connectivity index (χ0v) is 25.2. The van der Waals surface area contributed by atoms with Gasteiger partial charge in [0.1, 0.15) is 11.2 Å². The van der Waals surface area contributed by atoms with E-state index in [9.17, 15) is 0 Å². The van der Waals surface area contributed by atoms with E-state index in [1.807, 2.05) is 23.5 Å². The SMILES string of the molecule is c1ccc(-c2ccc(N(c3ccccc3)c3ccc(-c4ccc5oc6ccccc6c5c4)cc3)c3sc4ccccc4c23)cc1. The lowest BCUT2D eigenvalue weighted by Gasteiger charge is -2.26. The van der Waals surface area contributed by atoms with Crippen LogP contribution in [0.1, 0.15) is 0 Å². The molecule has 2 nitrogen and oxygen atoms in total. The van der Waals surface area contributed by atoms with Crippen LogP contribution in [0.4, 0.5) is 17.1 Å². The van der Waals surface area contributed by atoms with Gasteiger partial charge in [-0.15, -0.1) is 11.3 Å². The van der Waals surface area contributed by atoms with E-state index in [4.69, 9.17) is 4.42 Å². The molecule has 0 fully saturated rings. The molecule has 212 valence electrons. The van der Waals surface area contributed by atoms with Gasteiger partial charge < -0.3 is 9.32 Å². The molecule has 0 unspecified atom stereocenters. The van der Waals surface area contributed by atoms with Gasteiger partial charge in [-0.3, -0.25) is 0 Å². The molecule has 0 aliphatic heterocycles. The number of para-hydroxylation sites is 2. The minimum atomic E-state index is 0.915. The highest BCUT2D eigenvalue weighted by atomic mass is 32.1. The molecule has 9 rings (SSSR count). The highest BCUT2D eigenvalue weighted by Gasteiger charge is 2.20. The van der Waals surface area contributed by atoms with Gasteiger partial charge >= 0.3 is 0 Å². The predicted octanol–water partition coefficient (Wildman–Crippen LogP) is 12.8. The monoisotopic (exact) mass is 593 g/mol. The maximum absolute atomic E-state index is 6.08. The number of thiophene rings is 1. The lowest BCUT2D eigenvalue weighted by atomic mass is 9.98. The number of hydrogen-bond acceptors (Lipinski definition) is 3. The van der Waals surface area contributed by atoms with Crippen LogP contribution in [0.2, 0.25) is 0 Å². The molecule has 0 radical (unpaired) electrons. The topological polar surface area (TPSA) is 16.4 Å². The van der Waals surface area contributed by atoms with Gasteiger partial charge in [0.15, 0.2) is 0 Å². The number of anilines is 3. The zero-order valence-electron chi connectivity index (χ0n) is 24.4. The molecule has 3 heteroatoms. The van der Waals surface area contributed by atoms with Crippen molar-refractivity contribution in [3.8, 4) is 22.3 Å². The zero-order chi connectivity index (χ0) is 29.7. The first-order valence-electron chi connectivity index (χ1n) is 15.2. The Kier molecular flexibility index (Phi) is 6.03. The van der Waals surface area contributed by atoms with Crippen molar-refractivity contribution in [2.24, 2.45) is 0 Å². The molecule has 0 saturated carbocycles. The quantitative estimate of drug-likeness (QED) is 0.197. The molecule has 0 saturated heterocycles. The average Bonchev–Trinajstić information content (AvgIpc) is 3.69. The number of nitrogens with zero attached hydrogens (tertiary/aromatic N) is 1. The molecule has 0 aliphatic rings. The fourth-order valence-electron chi connectivity index (χ4n) is 6.56. The third kappa shape index (κ3) is 4.32. The van der Waals surface area contributed by atoms with Crippen molar-refractivity contribution in [2.75, 3.05) is 4.90 Å². The maximum atomic E-state index is 6.08. The van der Waals surface area contributed by atoms with Gasteiger partial charge in [-0.2, -0.15) is 0 Å². The summed E-state index contributed by atoms with van der Waals surface area (Å²) in [7, 11) is 0. The van der Waals surface area contributed by atoms with Gasteiger partial charge in [-0.05, 0) is 76.9 Å². The number of benzene rings is 7. The van der Waals surface area contributed by atoms with Crippen molar-refractivity contribution in [1.82, 2.24) is 0 Å². The molecule has 2 aromatic heterocycles. The highest BCUT2D eigenvalue weighted by Crippen LogP contribution is 2.48. The first-order chi connectivity index (χ1) is 22.3. The van der Waals surface area contributed by atoms with E-state index in [2.05, 4.69) is 157 Å². The highest BCUT2D eigenvalue weighted by molar-refractivity contribution is 7.26. The smallest absolute Gasteiger partial charge is 0.135 e. The van der Waals surface area contributed by atoms with Crippen molar-refractivity contribution in [3.63, 3.8) is 0 Å². The first kappa shape index (κ1) is 25.8. The van der Waals surface area contributed by atoms with Crippen LogP contribution in [0.25, 0.3) is 64.4 Å². The summed E-state index contributed by atoms with van der Waals surface area (Å²) in [6.45, 7) is 0. The van der Waals surface area contributed by atoms with Crippen LogP contribution in [-0.2, 0) is 0 Å². The van der Waals surface area contributed by atoms with E-state index in [1.54, 1.807) is 0 Å². The van der Waals surface area contributed by atoms with Gasteiger partial charge in [0.05, 0.1) is 10.4 Å². The lowest BCUT2D eigenvalue weighted by molar-refractivity contribution is 0.669. The van der Waals surface area contributed by atoms with Crippen LogP contribution in [0.3, 0.4) is 0 Å². The van der Waals surface area contributed by atoms with Gasteiger partial charge in [-0.1, -0.05) is 109 Å². The second kappa shape index (κ2) is 10.5. The van der Waals surface area contributed by atoms with Crippen LogP contribution in [-0.4, -0.2) is 0 Å². The molecule has 0 amide bonds. The van der Waals surface area contributed by atoms with Crippen molar-refractivity contribution in [1.29, 1.82) is 0 Å². The summed E-state index contributed by atoms with van der Waals surface area (Å²) in [5, 5.41) is 4.89. The van der Waals surface area contributed by atoms with Gasteiger partial charge in [0.25, 0.3) is 0 Å². The first-order valence-corrected chi connectivity index (χ1v) is 16.0. The summed E-state index contributed by atoms with van der Waals surface area (Å²) >= 11 is 1.87. The van der Waals surface area contributed by atoms with Gasteiger partial charge in [0.2, 0.25) is 0 Å². The van der Waals surface area contributed by atoms with Crippen molar-refractivity contribution >= 4 is 70.5 Å². The van der Waals surface area contributed by atoms with Crippen LogP contribution < -0.4 is 4.90 Å². The molecule has 7 aromatic carbocycles. The fourth-order valence-corrected chi connectivity index (χ4v) is 7.79. The average molecular weight is 594 g/mol. The Morgan fingerprint density at radius 1 is 0.444 bits per heavy atom. The van der Waals surface area contributed by atoms with Crippen LogP contribution in [0, 0.1) is 0 Å². The van der Waals surface area contributed by atoms with Gasteiger partial charge in [0, 0.05) is 37.6 Å². The summed E-state index contributed by atoms with van der Waals surface area (Å²) in [5.74, 6) is 0. The standard InChI is InChI=1S/C42H27NOS/c1-3-11-29(12-4-1)33-24-25-37(42-41(33)35-16-8-10-18-40(35)45-42)43(31-13-5-2-6-14-31)32-22-19-28(20-23-32)30-21-26-39-36(27-30)34-15-7-9-17-38(34)44-39/h1-27H. The third-order valence-electron chi connectivity index (χ3n) is 8.68. The Hall–Kier alpha value is -5.64. The molecule has 0 aliphatic carbocycles. The van der Waals surface area contributed by atoms with Gasteiger partial charge in [-0.25, -0.2) is 0 Å². The van der Waals surface area contributed by atoms with Crippen LogP contribution in [0.15, 0.2) is 168 Å². The Bertz CT molecular complexity index is 2470. The molecular weight excluding hydrogens is 567 g/mol. The van der Waals surface area contributed by atoms with E-state index in [0.29, 0.717) is 0 Å². The number of rotatable bonds is 5. The normalized spacial score (nSPS) is 11.6. The Morgan fingerprint density at radius 3 is 1.91 bits per heavy atom. The molecule has 45 heavy (non-hydrogen) atoms. The summed E-state index contributed by atoms with van der Waals surface area (Å²) in [4.78, 5) is 2.39. The Labute approximate surface area is 265 Å². The fraction of sp³-hybridized carbons (Fsp3) is 0. The Morgan fingerprint density at radius 2 is 1.09 bits per heavy atom. The second-order valence-corrected chi connectivity index (χ2v) is 12.4. The van der Waals surface area contributed by atoms with E-state index in [1.165, 1.54) is 48.1 Å². The van der Waals surface area contributed by atoms with Crippen molar-refractivity contribution in [3.05, 3.63) is 164 Å². The minimum absolute atomic E-state index is 0.915. The number of furan rings is 1. The molecule has 0 atom stereocenters. The summed E-state index contributed by atoms with van der Waals surface area (Å²) in [6, 6.07) is 58.4. The van der Waals surface area contributed by atoms with E-state index in [-0.39, 0.29) is 0 Å². The summed E-state index contributed by atoms with van der Waals surface area (Å²) in [5.41, 5.74) is 10.1. The number of hydrogen-bond donors (Lipinski definition) is 0. The Balaban J connectivity index is 1.21. The molecule has 9 aromatic rings. The molecule has 2 heterocycles. The van der Waals surface area contributed by atoms with Crippen LogP contribution >= 0.6 is 11.3 Å². The molecule has 0 N–H and O–H groups in total. The summed E-state index contributed by atoms with van der Waals surface area (Å²) in [6.07, 6.45) is 0. The second-order valence-electron chi connectivity index (χ2n) is 11.3. The minimum Gasteiger partial charge on any atom is -0.456 e. The van der Waals surface area contributed by atoms with Crippen LogP contribution in [0.5, 0.6) is 0 Å². The van der Waals surface area contributed by atoms with Crippen molar-refractivity contribution in [2.45, 2.75) is 0 Å². The predicted molar refractivity (Wildman–Crippen MR) is 192 cm³/mol. The summed E-state index contributed by atoms with van der Waals surface area (Å²) < 4.78 is 8.65. The lowest BCUT2D eigenvalue weighted by Crippen LogP contribution is -2.10. The molecular formula is C42H27NOS. The third-order valence-corrected chi connectivity index (χ3v) is 9.87. The maximum Gasteiger partial charge on any atom is 0.135 e. The largest absolute Gasteiger partial charge is 0.456 e.